The normalized spacial score (nSPS) is 14.0. The zero-order chi connectivity index (χ0) is 14.8. The smallest absolute Gasteiger partial charge is 0.327 e. The van der Waals surface area contributed by atoms with Crippen molar-refractivity contribution in [2.75, 3.05) is 6.61 Å². The number of aromatic nitrogens is 3. The molecule has 108 valence electrons. The molecule has 21 heavy (non-hydrogen) atoms. The van der Waals surface area contributed by atoms with E-state index in [1.807, 2.05) is 13.0 Å². The number of carbonyl (C=O) groups is 1. The van der Waals surface area contributed by atoms with Crippen molar-refractivity contribution in [3.8, 4) is 17.1 Å². The standard InChI is InChI=1S/C14H16BN3O3/c1-9-6-10(8-16-7-9)12-11(14(19)21-15)13-18(17-12)4-2-3-5-20-13/h6-8H,2-5,15H2,1H3. The summed E-state index contributed by atoms with van der Waals surface area (Å²) in [4.78, 5) is 16.3. The molecule has 0 aromatic carbocycles. The Labute approximate surface area is 123 Å². The van der Waals surface area contributed by atoms with Gasteiger partial charge in [0.15, 0.2) is 0 Å². The molecule has 0 bridgehead atoms. The van der Waals surface area contributed by atoms with E-state index in [1.54, 1.807) is 17.1 Å². The molecule has 0 saturated carbocycles. The molecule has 2 aromatic heterocycles. The van der Waals surface area contributed by atoms with Gasteiger partial charge in [-0.3, -0.25) is 4.98 Å². The Morgan fingerprint density at radius 3 is 3.05 bits per heavy atom. The molecule has 3 rings (SSSR count). The molecule has 0 saturated heterocycles. The molecule has 1 aliphatic heterocycles. The van der Waals surface area contributed by atoms with Crippen LogP contribution in [0, 0.1) is 6.92 Å². The van der Waals surface area contributed by atoms with Crippen LogP contribution in [0.1, 0.15) is 28.8 Å². The van der Waals surface area contributed by atoms with Crippen LogP contribution < -0.4 is 4.74 Å². The number of pyridine rings is 1. The maximum atomic E-state index is 12.2. The molecule has 0 aliphatic carbocycles. The number of fused-ring (bicyclic) bond motifs is 1. The molecule has 7 heteroatoms. The molecule has 0 N–H and O–H groups in total. The first kappa shape index (κ1) is 13.7. The van der Waals surface area contributed by atoms with Gasteiger partial charge in [0.1, 0.15) is 11.3 Å². The highest BCUT2D eigenvalue weighted by Crippen LogP contribution is 2.32. The average Bonchev–Trinajstić information content (AvgIpc) is 2.69. The average molecular weight is 285 g/mol. The lowest BCUT2D eigenvalue weighted by Gasteiger charge is -2.06. The van der Waals surface area contributed by atoms with Crippen LogP contribution in [0.2, 0.25) is 0 Å². The molecule has 0 fully saturated rings. The van der Waals surface area contributed by atoms with Gasteiger partial charge in [-0.25, -0.2) is 9.48 Å². The minimum atomic E-state index is -0.436. The zero-order valence-corrected chi connectivity index (χ0v) is 12.1. The Kier molecular flexibility index (Phi) is 3.64. The van der Waals surface area contributed by atoms with E-state index in [0.29, 0.717) is 23.7 Å². The van der Waals surface area contributed by atoms with E-state index < -0.39 is 5.97 Å². The summed E-state index contributed by atoms with van der Waals surface area (Å²) in [7, 11) is 1.36. The van der Waals surface area contributed by atoms with E-state index >= 15 is 0 Å². The quantitative estimate of drug-likeness (QED) is 0.774. The lowest BCUT2D eigenvalue weighted by Crippen LogP contribution is -2.07. The number of rotatable bonds is 2. The summed E-state index contributed by atoms with van der Waals surface area (Å²) in [5.74, 6) is 0.0607. The maximum absolute atomic E-state index is 12.2. The van der Waals surface area contributed by atoms with Crippen LogP contribution >= 0.6 is 0 Å². The third-order valence-electron chi connectivity index (χ3n) is 3.45. The van der Waals surface area contributed by atoms with E-state index in [0.717, 1.165) is 30.5 Å². The lowest BCUT2D eigenvalue weighted by molar-refractivity contribution is 0.0745. The molecule has 0 atom stereocenters. The molecule has 0 radical (unpaired) electrons. The van der Waals surface area contributed by atoms with E-state index in [9.17, 15) is 4.79 Å². The monoisotopic (exact) mass is 285 g/mol. The second-order valence-corrected chi connectivity index (χ2v) is 5.05. The first-order valence-electron chi connectivity index (χ1n) is 6.94. The van der Waals surface area contributed by atoms with Crippen molar-refractivity contribution in [2.24, 2.45) is 0 Å². The number of aryl methyl sites for hydroxylation is 2. The van der Waals surface area contributed by atoms with Crippen LogP contribution in [0.15, 0.2) is 18.5 Å². The fourth-order valence-electron chi connectivity index (χ4n) is 2.45. The summed E-state index contributed by atoms with van der Waals surface area (Å²) >= 11 is 0. The summed E-state index contributed by atoms with van der Waals surface area (Å²) in [6.07, 6.45) is 5.38. The number of hydrogen-bond donors (Lipinski definition) is 0. The third-order valence-corrected chi connectivity index (χ3v) is 3.45. The highest BCUT2D eigenvalue weighted by atomic mass is 16.5. The summed E-state index contributed by atoms with van der Waals surface area (Å²) < 4.78 is 12.4. The van der Waals surface area contributed by atoms with E-state index in [1.165, 1.54) is 8.05 Å². The molecule has 0 amide bonds. The fraction of sp³-hybridized carbons (Fsp3) is 0.357. The molecule has 1 aliphatic rings. The van der Waals surface area contributed by atoms with Gasteiger partial charge in [0.25, 0.3) is 0 Å². The van der Waals surface area contributed by atoms with Gasteiger partial charge < -0.3 is 9.39 Å². The number of nitrogens with zero attached hydrogens (tertiary/aromatic N) is 3. The molecule has 6 nitrogen and oxygen atoms in total. The van der Waals surface area contributed by atoms with Crippen molar-refractivity contribution >= 4 is 14.0 Å². The molecule has 0 spiro atoms. The minimum Gasteiger partial charge on any atom is -0.540 e. The SMILES string of the molecule is BOC(=O)c1c(-c2cncc(C)c2)nn2c1OCCCC2. The van der Waals surface area contributed by atoms with Crippen LogP contribution in [0.3, 0.4) is 0 Å². The van der Waals surface area contributed by atoms with Gasteiger partial charge in [0, 0.05) is 24.5 Å². The Morgan fingerprint density at radius 1 is 1.43 bits per heavy atom. The van der Waals surface area contributed by atoms with Crippen molar-refractivity contribution in [1.82, 2.24) is 14.8 Å². The lowest BCUT2D eigenvalue weighted by atomic mass is 10.1. The van der Waals surface area contributed by atoms with Gasteiger partial charge in [-0.15, -0.1) is 0 Å². The molecular formula is C14H16BN3O3. The summed E-state index contributed by atoms with van der Waals surface area (Å²) in [6, 6.07) is 1.95. The second-order valence-electron chi connectivity index (χ2n) is 5.05. The Morgan fingerprint density at radius 2 is 2.29 bits per heavy atom. The fourth-order valence-corrected chi connectivity index (χ4v) is 2.45. The largest absolute Gasteiger partial charge is 0.540 e. The predicted octanol–water partition coefficient (Wildman–Crippen LogP) is 1.13. The zero-order valence-electron chi connectivity index (χ0n) is 12.1. The Hall–Kier alpha value is -2.31. The molecule has 2 aromatic rings. The maximum Gasteiger partial charge on any atom is 0.327 e. The van der Waals surface area contributed by atoms with Gasteiger partial charge in [-0.1, -0.05) is 0 Å². The summed E-state index contributed by atoms with van der Waals surface area (Å²) in [6.45, 7) is 3.27. The van der Waals surface area contributed by atoms with Gasteiger partial charge in [0.05, 0.1) is 6.61 Å². The van der Waals surface area contributed by atoms with E-state index in [2.05, 4.69) is 10.1 Å². The number of hydrogen-bond acceptors (Lipinski definition) is 5. The van der Waals surface area contributed by atoms with Crippen molar-refractivity contribution in [2.45, 2.75) is 26.3 Å². The van der Waals surface area contributed by atoms with Crippen LogP contribution in [-0.4, -0.2) is 35.4 Å². The van der Waals surface area contributed by atoms with Crippen LogP contribution in [0.25, 0.3) is 11.3 Å². The first-order valence-corrected chi connectivity index (χ1v) is 6.94. The topological polar surface area (TPSA) is 66.2 Å². The highest BCUT2D eigenvalue weighted by molar-refractivity contribution is 6.12. The first-order chi connectivity index (χ1) is 10.2. The van der Waals surface area contributed by atoms with Crippen molar-refractivity contribution < 1.29 is 14.2 Å². The Balaban J connectivity index is 2.18. The van der Waals surface area contributed by atoms with Crippen LogP contribution in [-0.2, 0) is 11.2 Å². The van der Waals surface area contributed by atoms with E-state index in [4.69, 9.17) is 9.39 Å². The second kappa shape index (κ2) is 5.59. The summed E-state index contributed by atoms with van der Waals surface area (Å²) in [5, 5.41) is 4.54. The van der Waals surface area contributed by atoms with Gasteiger partial charge in [0.2, 0.25) is 5.88 Å². The highest BCUT2D eigenvalue weighted by Gasteiger charge is 2.27. The minimum absolute atomic E-state index is 0.381. The Bertz CT molecular complexity index is 684. The van der Waals surface area contributed by atoms with Crippen molar-refractivity contribution in [3.05, 3.63) is 29.6 Å². The third kappa shape index (κ3) is 2.51. The van der Waals surface area contributed by atoms with E-state index in [-0.39, 0.29) is 0 Å². The van der Waals surface area contributed by atoms with Crippen molar-refractivity contribution in [3.63, 3.8) is 0 Å². The molecule has 0 unspecified atom stereocenters. The number of ether oxygens (including phenoxy) is 1. The van der Waals surface area contributed by atoms with Gasteiger partial charge in [-0.05, 0) is 31.4 Å². The molecule has 3 heterocycles. The van der Waals surface area contributed by atoms with Gasteiger partial charge >= 0.3 is 14.0 Å². The number of carbonyl (C=O) groups excluding carboxylic acids is 1. The van der Waals surface area contributed by atoms with Crippen LogP contribution in [0.5, 0.6) is 5.88 Å². The summed E-state index contributed by atoms with van der Waals surface area (Å²) in [5.41, 5.74) is 2.74. The molecular weight excluding hydrogens is 269 g/mol. The van der Waals surface area contributed by atoms with Crippen LogP contribution in [0.4, 0.5) is 0 Å². The van der Waals surface area contributed by atoms with Crippen molar-refractivity contribution in [1.29, 1.82) is 0 Å². The van der Waals surface area contributed by atoms with Gasteiger partial charge in [-0.2, -0.15) is 5.10 Å². The predicted molar refractivity (Wildman–Crippen MR) is 78.9 cm³/mol.